The highest BCUT2D eigenvalue weighted by atomic mass is 19.1. The molecule has 0 unspecified atom stereocenters. The summed E-state index contributed by atoms with van der Waals surface area (Å²) in [5, 5.41) is 5.01. The molecule has 1 amide bonds. The zero-order valence-corrected chi connectivity index (χ0v) is 15.0. The number of aryl methyl sites for hydroxylation is 1. The molecule has 142 valence electrons. The van der Waals surface area contributed by atoms with E-state index >= 15 is 0 Å². The zero-order chi connectivity index (χ0) is 19.6. The highest BCUT2D eigenvalue weighted by Crippen LogP contribution is 2.05. The van der Waals surface area contributed by atoms with E-state index in [1.165, 1.54) is 17.7 Å². The van der Waals surface area contributed by atoms with E-state index in [9.17, 15) is 18.5 Å². The molecule has 0 spiro atoms. The molecule has 0 radical (unpaired) electrons. The number of ether oxygens (including phenoxy) is 1. The van der Waals surface area contributed by atoms with Crippen molar-refractivity contribution >= 4 is 6.41 Å². The minimum Gasteiger partial charge on any atom is -0.380 e. The molecular formula is C19H24F2N2O3. The Morgan fingerprint density at radius 1 is 1.12 bits per heavy atom. The van der Waals surface area contributed by atoms with Gasteiger partial charge in [0.05, 0.1) is 13.2 Å². The number of halogens is 2. The van der Waals surface area contributed by atoms with Gasteiger partial charge in [-0.05, 0) is 36.6 Å². The second kappa shape index (κ2) is 15.8. The third-order valence-electron chi connectivity index (χ3n) is 2.81. The quantitative estimate of drug-likeness (QED) is 0.458. The fourth-order valence-corrected chi connectivity index (χ4v) is 1.74. The van der Waals surface area contributed by atoms with Gasteiger partial charge in [-0.2, -0.15) is 4.91 Å². The predicted octanol–water partition coefficient (Wildman–Crippen LogP) is 4.00. The van der Waals surface area contributed by atoms with Gasteiger partial charge in [0.2, 0.25) is 6.41 Å². The number of nitroso groups, excluding NO2 is 1. The molecule has 0 aliphatic heterocycles. The Morgan fingerprint density at radius 2 is 1.73 bits per heavy atom. The number of rotatable bonds is 7. The van der Waals surface area contributed by atoms with Crippen LogP contribution in [0.3, 0.4) is 0 Å². The summed E-state index contributed by atoms with van der Waals surface area (Å²) in [6.45, 7) is 3.17. The van der Waals surface area contributed by atoms with Gasteiger partial charge in [-0.1, -0.05) is 35.5 Å². The van der Waals surface area contributed by atoms with Gasteiger partial charge < -0.3 is 10.1 Å². The third kappa shape index (κ3) is 13.7. The van der Waals surface area contributed by atoms with E-state index in [0.717, 1.165) is 6.07 Å². The number of hydrogen-bond acceptors (Lipinski definition) is 4. The van der Waals surface area contributed by atoms with Crippen LogP contribution in [0.1, 0.15) is 17.5 Å². The van der Waals surface area contributed by atoms with Crippen molar-refractivity contribution in [3.05, 3.63) is 76.2 Å². The van der Waals surface area contributed by atoms with E-state index in [1.807, 2.05) is 30.3 Å². The summed E-state index contributed by atoms with van der Waals surface area (Å²) in [6, 6.07) is 13.5. The van der Waals surface area contributed by atoms with Crippen LogP contribution in [0.15, 0.2) is 53.7 Å². The van der Waals surface area contributed by atoms with Gasteiger partial charge in [0.25, 0.3) is 0 Å². The van der Waals surface area contributed by atoms with Crippen LogP contribution in [0.25, 0.3) is 0 Å². The number of methoxy groups -OCH3 is 1. The summed E-state index contributed by atoms with van der Waals surface area (Å²) in [5.74, 6) is -1.04. The van der Waals surface area contributed by atoms with E-state index < -0.39 is 11.6 Å². The van der Waals surface area contributed by atoms with Gasteiger partial charge in [0.1, 0.15) is 11.6 Å². The monoisotopic (exact) mass is 366 g/mol. The van der Waals surface area contributed by atoms with E-state index in [1.54, 1.807) is 14.0 Å². The maximum atomic E-state index is 12.2. The average molecular weight is 366 g/mol. The fourth-order valence-electron chi connectivity index (χ4n) is 1.74. The maximum absolute atomic E-state index is 12.2. The Morgan fingerprint density at radius 3 is 2.19 bits per heavy atom. The Balaban J connectivity index is 0.000000362. The topological polar surface area (TPSA) is 67.8 Å². The molecule has 2 aromatic rings. The predicted molar refractivity (Wildman–Crippen MR) is 97.6 cm³/mol. The van der Waals surface area contributed by atoms with Gasteiger partial charge >= 0.3 is 0 Å². The first-order chi connectivity index (χ1) is 12.5. The number of nitrogens with zero attached hydrogens (tertiary/aromatic N) is 1. The molecule has 7 heteroatoms. The molecule has 0 bridgehead atoms. The van der Waals surface area contributed by atoms with Gasteiger partial charge in [-0.3, -0.25) is 4.79 Å². The van der Waals surface area contributed by atoms with Crippen molar-refractivity contribution in [1.82, 2.24) is 5.32 Å². The molecule has 2 aromatic carbocycles. The molecule has 0 saturated carbocycles. The van der Waals surface area contributed by atoms with Crippen LogP contribution in [0.4, 0.5) is 8.78 Å². The lowest BCUT2D eigenvalue weighted by Crippen LogP contribution is -2.12. The van der Waals surface area contributed by atoms with Crippen molar-refractivity contribution in [3.63, 3.8) is 0 Å². The SMILES string of the molecule is COCc1ccccc1.Cc1cc(F)cc(F)c1.O=CNCCCN=O. The standard InChI is InChI=1S/C8H10O.C7H6F2.C4H8N2O2/c1-9-7-8-5-3-2-4-6-8;1-5-2-6(8)4-7(9)3-5;7-4-5-2-1-3-6-8/h2-6H,7H2,1H3;2-4H,1H3;4H,1-3H2,(H,5,7). The zero-order valence-electron chi connectivity index (χ0n) is 15.0. The molecule has 0 aliphatic rings. The molecule has 1 N–H and O–H groups in total. The normalized spacial score (nSPS) is 9.08. The number of hydrogen-bond donors (Lipinski definition) is 1. The van der Waals surface area contributed by atoms with E-state index in [2.05, 4.69) is 10.5 Å². The Bertz CT molecular complexity index is 565. The lowest BCUT2D eigenvalue weighted by atomic mass is 10.2. The van der Waals surface area contributed by atoms with E-state index in [-0.39, 0.29) is 6.54 Å². The van der Waals surface area contributed by atoms with Crippen LogP contribution in [0.5, 0.6) is 0 Å². The van der Waals surface area contributed by atoms with Gasteiger partial charge in [0.15, 0.2) is 0 Å². The molecule has 26 heavy (non-hydrogen) atoms. The molecule has 0 aromatic heterocycles. The number of carbonyl (C=O) groups is 1. The first-order valence-electron chi connectivity index (χ1n) is 7.95. The van der Waals surface area contributed by atoms with Gasteiger partial charge in [-0.15, -0.1) is 0 Å². The number of benzene rings is 2. The molecule has 0 fully saturated rings. The summed E-state index contributed by atoms with van der Waals surface area (Å²) < 4.78 is 29.3. The Labute approximate surface area is 152 Å². The molecule has 2 rings (SSSR count). The second-order valence-electron chi connectivity index (χ2n) is 5.14. The molecular weight excluding hydrogens is 342 g/mol. The summed E-state index contributed by atoms with van der Waals surface area (Å²) in [6.07, 6.45) is 1.23. The van der Waals surface area contributed by atoms with Crippen molar-refractivity contribution in [3.8, 4) is 0 Å². The lowest BCUT2D eigenvalue weighted by Gasteiger charge is -1.95. The highest BCUT2D eigenvalue weighted by Gasteiger charge is 1.93. The highest BCUT2D eigenvalue weighted by molar-refractivity contribution is 5.45. The first kappa shape index (κ1) is 23.3. The van der Waals surface area contributed by atoms with Crippen molar-refractivity contribution in [1.29, 1.82) is 0 Å². The molecule has 0 heterocycles. The van der Waals surface area contributed by atoms with Crippen molar-refractivity contribution in [2.75, 3.05) is 20.2 Å². The van der Waals surface area contributed by atoms with Crippen molar-refractivity contribution in [2.45, 2.75) is 20.0 Å². The maximum Gasteiger partial charge on any atom is 0.207 e. The number of nitrogens with one attached hydrogen (secondary N) is 1. The minimum atomic E-state index is -0.521. The Hall–Kier alpha value is -2.67. The minimum absolute atomic E-state index is 0.279. The molecule has 0 atom stereocenters. The van der Waals surface area contributed by atoms with Crippen LogP contribution >= 0.6 is 0 Å². The fraction of sp³-hybridized carbons (Fsp3) is 0.316. The number of amides is 1. The van der Waals surface area contributed by atoms with Crippen LogP contribution in [0, 0.1) is 23.5 Å². The second-order valence-corrected chi connectivity index (χ2v) is 5.14. The van der Waals surface area contributed by atoms with Crippen LogP contribution in [-0.2, 0) is 16.1 Å². The molecule has 0 aliphatic carbocycles. The van der Waals surface area contributed by atoms with Gasteiger partial charge in [0, 0.05) is 19.7 Å². The van der Waals surface area contributed by atoms with Crippen molar-refractivity contribution < 1.29 is 18.3 Å². The number of carbonyl (C=O) groups excluding carboxylic acids is 1. The summed E-state index contributed by atoms with van der Waals surface area (Å²) in [5.41, 5.74) is 1.83. The summed E-state index contributed by atoms with van der Waals surface area (Å²) in [7, 11) is 1.70. The lowest BCUT2D eigenvalue weighted by molar-refractivity contribution is -0.109. The molecule has 5 nitrogen and oxygen atoms in total. The van der Waals surface area contributed by atoms with Crippen LogP contribution in [-0.4, -0.2) is 26.6 Å². The van der Waals surface area contributed by atoms with Crippen molar-refractivity contribution in [2.24, 2.45) is 5.18 Å². The van der Waals surface area contributed by atoms with Crippen LogP contribution in [0.2, 0.25) is 0 Å². The van der Waals surface area contributed by atoms with Gasteiger partial charge in [-0.25, -0.2) is 8.78 Å². The summed E-state index contributed by atoms with van der Waals surface area (Å²) >= 11 is 0. The largest absolute Gasteiger partial charge is 0.380 e. The third-order valence-corrected chi connectivity index (χ3v) is 2.81. The van der Waals surface area contributed by atoms with E-state index in [0.29, 0.717) is 31.5 Å². The first-order valence-corrected chi connectivity index (χ1v) is 7.95. The smallest absolute Gasteiger partial charge is 0.207 e. The molecule has 0 saturated heterocycles. The van der Waals surface area contributed by atoms with E-state index in [4.69, 9.17) is 4.74 Å². The Kier molecular flexibility index (Phi) is 14.2. The average Bonchev–Trinajstić information content (AvgIpc) is 2.60. The van der Waals surface area contributed by atoms with Crippen LogP contribution < -0.4 is 5.32 Å². The summed E-state index contributed by atoms with van der Waals surface area (Å²) in [4.78, 5) is 19.0.